The number of likely N-dealkylation sites (tertiary alicyclic amines) is 1. The smallest absolute Gasteiger partial charge is 0.237 e. The zero-order chi connectivity index (χ0) is 20.9. The highest BCUT2D eigenvalue weighted by atomic mass is 32.1. The number of carbonyl (C=O) groups excluding carboxylic acids is 1. The SMILES string of the molecule is COc1ccc(OC)c(C2CCCN2C(=O)CN2CCCN(c3nccs3)CC2)c1. The first kappa shape index (κ1) is 20.9. The van der Waals surface area contributed by atoms with E-state index in [1.54, 1.807) is 25.6 Å². The molecule has 1 atom stereocenters. The predicted octanol–water partition coefficient (Wildman–Crippen LogP) is 3.04. The minimum atomic E-state index is 0.0429. The van der Waals surface area contributed by atoms with Crippen LogP contribution in [0, 0.1) is 0 Å². The largest absolute Gasteiger partial charge is 0.497 e. The van der Waals surface area contributed by atoms with Crippen molar-refractivity contribution in [2.24, 2.45) is 0 Å². The second-order valence-corrected chi connectivity index (χ2v) is 8.66. The molecule has 0 bridgehead atoms. The molecular weight excluding hydrogens is 400 g/mol. The van der Waals surface area contributed by atoms with Crippen LogP contribution in [0.1, 0.15) is 30.9 Å². The highest BCUT2D eigenvalue weighted by molar-refractivity contribution is 7.13. The van der Waals surface area contributed by atoms with E-state index < -0.39 is 0 Å². The van der Waals surface area contributed by atoms with Gasteiger partial charge in [-0.3, -0.25) is 9.69 Å². The first-order valence-corrected chi connectivity index (χ1v) is 11.5. The average Bonchev–Trinajstić information content (AvgIpc) is 3.43. The fraction of sp³-hybridized carbons (Fsp3) is 0.545. The molecule has 30 heavy (non-hydrogen) atoms. The van der Waals surface area contributed by atoms with Crippen molar-refractivity contribution < 1.29 is 14.3 Å². The minimum Gasteiger partial charge on any atom is -0.497 e. The second kappa shape index (κ2) is 9.66. The highest BCUT2D eigenvalue weighted by Gasteiger charge is 2.33. The van der Waals surface area contributed by atoms with Crippen molar-refractivity contribution in [1.82, 2.24) is 14.8 Å². The van der Waals surface area contributed by atoms with Gasteiger partial charge in [0.15, 0.2) is 5.13 Å². The zero-order valence-electron chi connectivity index (χ0n) is 17.7. The lowest BCUT2D eigenvalue weighted by Gasteiger charge is -2.29. The van der Waals surface area contributed by atoms with E-state index in [-0.39, 0.29) is 11.9 Å². The Labute approximate surface area is 182 Å². The Kier molecular flexibility index (Phi) is 6.74. The van der Waals surface area contributed by atoms with E-state index >= 15 is 0 Å². The van der Waals surface area contributed by atoms with Crippen LogP contribution in [0.15, 0.2) is 29.8 Å². The number of ether oxygens (including phenoxy) is 2. The molecule has 1 aromatic carbocycles. The van der Waals surface area contributed by atoms with Crippen molar-refractivity contribution in [3.63, 3.8) is 0 Å². The number of amides is 1. The summed E-state index contributed by atoms with van der Waals surface area (Å²) in [6.45, 7) is 4.98. The summed E-state index contributed by atoms with van der Waals surface area (Å²) in [5, 5.41) is 3.09. The summed E-state index contributed by atoms with van der Waals surface area (Å²) in [4.78, 5) is 24.3. The maximum absolute atomic E-state index is 13.3. The predicted molar refractivity (Wildman–Crippen MR) is 119 cm³/mol. The van der Waals surface area contributed by atoms with E-state index in [0.29, 0.717) is 6.54 Å². The van der Waals surface area contributed by atoms with Crippen molar-refractivity contribution in [3.8, 4) is 11.5 Å². The summed E-state index contributed by atoms with van der Waals surface area (Å²) in [7, 11) is 3.34. The van der Waals surface area contributed by atoms with Crippen LogP contribution in [0.4, 0.5) is 5.13 Å². The van der Waals surface area contributed by atoms with Gasteiger partial charge in [-0.25, -0.2) is 4.98 Å². The lowest BCUT2D eigenvalue weighted by Crippen LogP contribution is -2.41. The van der Waals surface area contributed by atoms with Crippen molar-refractivity contribution in [2.45, 2.75) is 25.3 Å². The first-order valence-electron chi connectivity index (χ1n) is 10.6. The standard InChI is InChI=1S/C22H30N4O3S/c1-28-17-6-7-20(29-2)18(15-17)19-5-3-11-26(19)21(27)16-24-9-4-10-25(13-12-24)22-23-8-14-30-22/h6-8,14-15,19H,3-5,9-13,16H2,1-2H3. The third-order valence-corrected chi connectivity index (χ3v) is 6.84. The molecule has 2 aliphatic rings. The topological polar surface area (TPSA) is 58.1 Å². The summed E-state index contributed by atoms with van der Waals surface area (Å²) in [6, 6.07) is 5.88. The lowest BCUT2D eigenvalue weighted by molar-refractivity contribution is -0.133. The third kappa shape index (κ3) is 4.54. The van der Waals surface area contributed by atoms with Gasteiger partial charge in [-0.1, -0.05) is 0 Å². The van der Waals surface area contributed by atoms with Crippen LogP contribution in [-0.2, 0) is 4.79 Å². The van der Waals surface area contributed by atoms with E-state index in [1.807, 2.05) is 34.7 Å². The Morgan fingerprint density at radius 1 is 1.13 bits per heavy atom. The van der Waals surface area contributed by atoms with E-state index in [1.165, 1.54) is 0 Å². The van der Waals surface area contributed by atoms with Crippen LogP contribution in [0.25, 0.3) is 0 Å². The Balaban J connectivity index is 1.42. The second-order valence-electron chi connectivity index (χ2n) is 7.78. The highest BCUT2D eigenvalue weighted by Crippen LogP contribution is 2.39. The molecule has 8 heteroatoms. The van der Waals surface area contributed by atoms with Gasteiger partial charge < -0.3 is 19.3 Å². The zero-order valence-corrected chi connectivity index (χ0v) is 18.6. The van der Waals surface area contributed by atoms with Crippen LogP contribution in [-0.4, -0.2) is 74.2 Å². The molecule has 2 saturated heterocycles. The number of benzene rings is 1. The minimum absolute atomic E-state index is 0.0429. The van der Waals surface area contributed by atoms with Crippen LogP contribution in [0.3, 0.4) is 0 Å². The number of carbonyl (C=O) groups is 1. The lowest BCUT2D eigenvalue weighted by atomic mass is 10.0. The number of aromatic nitrogens is 1. The molecule has 0 aliphatic carbocycles. The molecule has 1 unspecified atom stereocenters. The third-order valence-electron chi connectivity index (χ3n) is 6.01. The number of hydrogen-bond acceptors (Lipinski definition) is 7. The van der Waals surface area contributed by atoms with Gasteiger partial charge in [-0.2, -0.15) is 0 Å². The van der Waals surface area contributed by atoms with Gasteiger partial charge in [0, 0.05) is 49.9 Å². The van der Waals surface area contributed by atoms with Crippen molar-refractivity contribution >= 4 is 22.4 Å². The van der Waals surface area contributed by atoms with E-state index in [2.05, 4.69) is 14.8 Å². The number of methoxy groups -OCH3 is 2. The van der Waals surface area contributed by atoms with E-state index in [9.17, 15) is 4.79 Å². The molecule has 3 heterocycles. The van der Waals surface area contributed by atoms with Gasteiger partial charge in [0.1, 0.15) is 11.5 Å². The van der Waals surface area contributed by atoms with Gasteiger partial charge in [0.05, 0.1) is 26.8 Å². The van der Waals surface area contributed by atoms with Crippen molar-refractivity contribution in [3.05, 3.63) is 35.3 Å². The molecular formula is C22H30N4O3S. The number of thiazole rings is 1. The maximum atomic E-state index is 13.3. The maximum Gasteiger partial charge on any atom is 0.237 e. The van der Waals surface area contributed by atoms with Gasteiger partial charge in [0.25, 0.3) is 0 Å². The molecule has 0 radical (unpaired) electrons. The van der Waals surface area contributed by atoms with Crippen LogP contribution in [0.5, 0.6) is 11.5 Å². The van der Waals surface area contributed by atoms with Crippen molar-refractivity contribution in [2.75, 3.05) is 58.4 Å². The Morgan fingerprint density at radius 3 is 2.80 bits per heavy atom. The summed E-state index contributed by atoms with van der Waals surface area (Å²) < 4.78 is 11.0. The number of anilines is 1. The fourth-order valence-corrected chi connectivity index (χ4v) is 5.16. The number of nitrogens with zero attached hydrogens (tertiary/aromatic N) is 4. The fourth-order valence-electron chi connectivity index (χ4n) is 4.46. The summed E-state index contributed by atoms with van der Waals surface area (Å²) >= 11 is 1.68. The van der Waals surface area contributed by atoms with Crippen LogP contribution < -0.4 is 14.4 Å². The number of hydrogen-bond donors (Lipinski definition) is 0. The summed E-state index contributed by atoms with van der Waals surface area (Å²) in [6.07, 6.45) is 4.86. The Morgan fingerprint density at radius 2 is 2.03 bits per heavy atom. The molecule has 0 spiro atoms. The van der Waals surface area contributed by atoms with Crippen molar-refractivity contribution in [1.29, 1.82) is 0 Å². The molecule has 2 fully saturated rings. The van der Waals surface area contributed by atoms with Gasteiger partial charge in [0.2, 0.25) is 5.91 Å². The average molecular weight is 431 g/mol. The molecule has 162 valence electrons. The molecule has 0 saturated carbocycles. The van der Waals surface area contributed by atoms with E-state index in [0.717, 1.165) is 74.2 Å². The van der Waals surface area contributed by atoms with Gasteiger partial charge in [-0.05, 0) is 37.5 Å². The van der Waals surface area contributed by atoms with E-state index in [4.69, 9.17) is 9.47 Å². The molecule has 2 aromatic rings. The molecule has 0 N–H and O–H groups in total. The van der Waals surface area contributed by atoms with Gasteiger partial charge in [-0.15, -0.1) is 11.3 Å². The van der Waals surface area contributed by atoms with Crippen LogP contribution >= 0.6 is 11.3 Å². The first-order chi connectivity index (χ1) is 14.7. The molecule has 2 aliphatic heterocycles. The summed E-state index contributed by atoms with van der Waals surface area (Å²) in [5.74, 6) is 1.80. The van der Waals surface area contributed by atoms with Gasteiger partial charge >= 0.3 is 0 Å². The molecule has 7 nitrogen and oxygen atoms in total. The monoisotopic (exact) mass is 430 g/mol. The number of rotatable bonds is 6. The Hall–Kier alpha value is -2.32. The van der Waals surface area contributed by atoms with Crippen LogP contribution in [0.2, 0.25) is 0 Å². The quantitative estimate of drug-likeness (QED) is 0.702. The Bertz CT molecular complexity index is 845. The summed E-state index contributed by atoms with van der Waals surface area (Å²) in [5.41, 5.74) is 1.04. The normalized spacial score (nSPS) is 20.3. The molecule has 1 amide bonds. The molecule has 4 rings (SSSR count). The molecule has 1 aromatic heterocycles.